The fourth-order valence-electron chi connectivity index (χ4n) is 3.76. The molecule has 2 aromatic rings. The van der Waals surface area contributed by atoms with Gasteiger partial charge in [0.25, 0.3) is 0 Å². The fourth-order valence-corrected chi connectivity index (χ4v) is 4.45. The van der Waals surface area contributed by atoms with E-state index in [2.05, 4.69) is 10.6 Å². The molecule has 0 bridgehead atoms. The highest BCUT2D eigenvalue weighted by atomic mass is 32.2. The van der Waals surface area contributed by atoms with Crippen LogP contribution < -0.4 is 20.1 Å². The smallest absolute Gasteiger partial charge is 0.234 e. The number of ether oxygens (including phenoxy) is 2. The summed E-state index contributed by atoms with van der Waals surface area (Å²) in [4.78, 5) is 24.9. The van der Waals surface area contributed by atoms with Crippen LogP contribution >= 0.6 is 11.8 Å². The van der Waals surface area contributed by atoms with Crippen LogP contribution in [0, 0.1) is 6.92 Å². The topological polar surface area (TPSA) is 76.7 Å². The van der Waals surface area contributed by atoms with E-state index in [-0.39, 0.29) is 35.0 Å². The highest BCUT2D eigenvalue weighted by molar-refractivity contribution is 8.01. The Balaban J connectivity index is 1.49. The van der Waals surface area contributed by atoms with Crippen molar-refractivity contribution in [1.29, 1.82) is 0 Å². The monoisotopic (exact) mass is 470 g/mol. The van der Waals surface area contributed by atoms with Gasteiger partial charge in [0.2, 0.25) is 11.8 Å². The molecule has 33 heavy (non-hydrogen) atoms. The molecule has 1 fully saturated rings. The average molecular weight is 471 g/mol. The van der Waals surface area contributed by atoms with Crippen LogP contribution in [0.1, 0.15) is 56.7 Å². The Bertz CT molecular complexity index is 942. The Labute approximate surface area is 200 Å². The zero-order valence-electron chi connectivity index (χ0n) is 19.9. The van der Waals surface area contributed by atoms with Crippen molar-refractivity contribution >= 4 is 29.3 Å². The quantitative estimate of drug-likeness (QED) is 0.495. The number of methoxy groups -OCH3 is 1. The van der Waals surface area contributed by atoms with E-state index in [1.165, 1.54) is 24.6 Å². The first-order valence-corrected chi connectivity index (χ1v) is 12.5. The minimum Gasteiger partial charge on any atom is -0.493 e. The van der Waals surface area contributed by atoms with Gasteiger partial charge in [-0.1, -0.05) is 23.8 Å². The fraction of sp³-hybridized carbons (Fsp3) is 0.462. The molecule has 1 aliphatic rings. The molecule has 7 heteroatoms. The zero-order valence-corrected chi connectivity index (χ0v) is 20.7. The molecule has 0 spiro atoms. The van der Waals surface area contributed by atoms with Gasteiger partial charge < -0.3 is 20.1 Å². The summed E-state index contributed by atoms with van der Waals surface area (Å²) in [5, 5.41) is 5.53. The van der Waals surface area contributed by atoms with Crippen LogP contribution in [0.25, 0.3) is 0 Å². The summed E-state index contributed by atoms with van der Waals surface area (Å²) in [6.45, 7) is 5.74. The van der Waals surface area contributed by atoms with E-state index in [0.717, 1.165) is 35.4 Å². The second-order valence-corrected chi connectivity index (χ2v) is 9.86. The third-order valence-corrected chi connectivity index (χ3v) is 6.95. The Morgan fingerprint density at radius 1 is 1.06 bits per heavy atom. The average Bonchev–Trinajstić information content (AvgIpc) is 3.32. The van der Waals surface area contributed by atoms with E-state index in [4.69, 9.17) is 9.47 Å². The minimum atomic E-state index is -0.358. The van der Waals surface area contributed by atoms with Crippen LogP contribution in [0.5, 0.6) is 11.5 Å². The molecule has 1 aliphatic carbocycles. The van der Waals surface area contributed by atoms with Gasteiger partial charge in [0.05, 0.1) is 30.3 Å². The Morgan fingerprint density at radius 2 is 1.76 bits per heavy atom. The van der Waals surface area contributed by atoms with Crippen molar-refractivity contribution < 1.29 is 19.1 Å². The highest BCUT2D eigenvalue weighted by Crippen LogP contribution is 2.33. The van der Waals surface area contributed by atoms with Crippen LogP contribution in [0.3, 0.4) is 0 Å². The van der Waals surface area contributed by atoms with Gasteiger partial charge >= 0.3 is 0 Å². The molecule has 0 aromatic heterocycles. The zero-order chi connectivity index (χ0) is 23.8. The van der Waals surface area contributed by atoms with Crippen molar-refractivity contribution in [3.05, 3.63) is 53.6 Å². The second kappa shape index (κ2) is 12.0. The van der Waals surface area contributed by atoms with E-state index < -0.39 is 0 Å². The maximum absolute atomic E-state index is 12.7. The highest BCUT2D eigenvalue weighted by Gasteiger charge is 2.21. The number of rotatable bonds is 10. The summed E-state index contributed by atoms with van der Waals surface area (Å²) >= 11 is 1.31. The molecule has 0 heterocycles. The number of benzene rings is 2. The first-order chi connectivity index (χ1) is 15.9. The molecule has 0 aliphatic heterocycles. The summed E-state index contributed by atoms with van der Waals surface area (Å²) in [5.74, 6) is 1.39. The lowest BCUT2D eigenvalue weighted by Gasteiger charge is -2.20. The third kappa shape index (κ3) is 7.42. The van der Waals surface area contributed by atoms with E-state index in [1.54, 1.807) is 7.11 Å². The normalized spacial score (nSPS) is 15.5. The molecule has 1 saturated carbocycles. The number of hydrogen-bond acceptors (Lipinski definition) is 5. The molecule has 2 atom stereocenters. The maximum atomic E-state index is 12.7. The number of carbonyl (C=O) groups is 2. The van der Waals surface area contributed by atoms with Crippen molar-refractivity contribution in [1.82, 2.24) is 5.32 Å². The largest absolute Gasteiger partial charge is 0.493 e. The third-order valence-electron chi connectivity index (χ3n) is 5.81. The molecule has 2 unspecified atom stereocenters. The van der Waals surface area contributed by atoms with Crippen LogP contribution in [0.15, 0.2) is 42.5 Å². The maximum Gasteiger partial charge on any atom is 0.234 e. The van der Waals surface area contributed by atoms with E-state index in [0.29, 0.717) is 5.75 Å². The van der Waals surface area contributed by atoms with Gasteiger partial charge in [-0.05, 0) is 76.3 Å². The number of carbonyl (C=O) groups excluding carboxylic acids is 2. The van der Waals surface area contributed by atoms with Crippen molar-refractivity contribution in [3.8, 4) is 11.5 Å². The predicted octanol–water partition coefficient (Wildman–Crippen LogP) is 5.26. The van der Waals surface area contributed by atoms with Crippen molar-refractivity contribution in [2.45, 2.75) is 63.9 Å². The van der Waals surface area contributed by atoms with Crippen LogP contribution in [0.2, 0.25) is 0 Å². The van der Waals surface area contributed by atoms with Gasteiger partial charge in [-0.15, -0.1) is 11.8 Å². The van der Waals surface area contributed by atoms with Gasteiger partial charge in [-0.3, -0.25) is 9.59 Å². The standard InChI is InChI=1S/C26H34N2O4S/c1-17-9-12-21(13-10-17)28-25(29)16-33-19(3)26(30)27-18(2)20-11-14-23(24(15-20)31-4)32-22-7-5-6-8-22/h9-15,18-19,22H,5-8,16H2,1-4H3,(H,27,30)(H,28,29). The number of hydrogen-bond donors (Lipinski definition) is 2. The van der Waals surface area contributed by atoms with Gasteiger partial charge in [0.15, 0.2) is 11.5 Å². The molecule has 0 radical (unpaired) electrons. The Hall–Kier alpha value is -2.67. The Morgan fingerprint density at radius 3 is 2.42 bits per heavy atom. The summed E-state index contributed by atoms with van der Waals surface area (Å²) in [7, 11) is 1.63. The van der Waals surface area contributed by atoms with Crippen LogP contribution in [-0.2, 0) is 9.59 Å². The van der Waals surface area contributed by atoms with Gasteiger partial charge in [0.1, 0.15) is 0 Å². The second-order valence-electron chi connectivity index (χ2n) is 8.53. The lowest BCUT2D eigenvalue weighted by atomic mass is 10.1. The first-order valence-electron chi connectivity index (χ1n) is 11.5. The molecule has 2 N–H and O–H groups in total. The van der Waals surface area contributed by atoms with Gasteiger partial charge in [-0.2, -0.15) is 0 Å². The lowest BCUT2D eigenvalue weighted by Crippen LogP contribution is -2.33. The van der Waals surface area contributed by atoms with Crippen molar-refractivity contribution in [2.75, 3.05) is 18.2 Å². The van der Waals surface area contributed by atoms with E-state index in [9.17, 15) is 9.59 Å². The van der Waals surface area contributed by atoms with E-state index >= 15 is 0 Å². The van der Waals surface area contributed by atoms with E-state index in [1.807, 2.05) is 63.2 Å². The number of nitrogens with one attached hydrogen (secondary N) is 2. The van der Waals surface area contributed by atoms with Gasteiger partial charge in [-0.25, -0.2) is 0 Å². The number of amides is 2. The van der Waals surface area contributed by atoms with Crippen molar-refractivity contribution in [3.63, 3.8) is 0 Å². The summed E-state index contributed by atoms with van der Waals surface area (Å²) in [6.07, 6.45) is 4.82. The summed E-state index contributed by atoms with van der Waals surface area (Å²) < 4.78 is 11.6. The molecule has 2 aromatic carbocycles. The Kier molecular flexibility index (Phi) is 9.06. The molecule has 0 saturated heterocycles. The molecular formula is C26H34N2O4S. The number of thioether (sulfide) groups is 1. The van der Waals surface area contributed by atoms with Crippen LogP contribution in [0.4, 0.5) is 5.69 Å². The molecule has 6 nitrogen and oxygen atoms in total. The number of anilines is 1. The molecule has 178 valence electrons. The van der Waals surface area contributed by atoms with Crippen molar-refractivity contribution in [2.24, 2.45) is 0 Å². The minimum absolute atomic E-state index is 0.110. The predicted molar refractivity (Wildman–Crippen MR) is 134 cm³/mol. The summed E-state index contributed by atoms with van der Waals surface area (Å²) in [6, 6.07) is 13.2. The molecule has 2 amide bonds. The molecular weight excluding hydrogens is 436 g/mol. The van der Waals surface area contributed by atoms with Crippen LogP contribution in [-0.4, -0.2) is 36.0 Å². The molecule has 3 rings (SSSR count). The first kappa shape index (κ1) is 25.0. The lowest BCUT2D eigenvalue weighted by molar-refractivity contribution is -0.120. The van der Waals surface area contributed by atoms with Gasteiger partial charge in [0, 0.05) is 5.69 Å². The number of aryl methyl sites for hydroxylation is 1. The SMILES string of the molecule is COc1cc(C(C)NC(=O)C(C)SCC(=O)Nc2ccc(C)cc2)ccc1OC1CCCC1. The summed E-state index contributed by atoms with van der Waals surface area (Å²) in [5.41, 5.74) is 2.83.